The largest absolute Gasteiger partial charge is 0.353 e. The van der Waals surface area contributed by atoms with Crippen LogP contribution in [0.2, 0.25) is 0 Å². The van der Waals surface area contributed by atoms with E-state index in [1.165, 1.54) is 12.1 Å². The fourth-order valence-corrected chi connectivity index (χ4v) is 4.66. The SMILES string of the molecule is C=C(c1nc2ccccc2n1Cc1ccc(F)cc1)C1CCN(CCNc2ncccn2)CC1. The predicted octanol–water partition coefficient (Wildman–Crippen LogP) is 4.85. The van der Waals surface area contributed by atoms with Crippen LogP contribution in [0.1, 0.15) is 24.2 Å². The molecule has 34 heavy (non-hydrogen) atoms. The molecule has 0 amide bonds. The van der Waals surface area contributed by atoms with Crippen LogP contribution in [0.5, 0.6) is 0 Å². The van der Waals surface area contributed by atoms with Crippen molar-refractivity contribution < 1.29 is 4.39 Å². The van der Waals surface area contributed by atoms with Gasteiger partial charge in [-0.05, 0) is 73.3 Å². The number of anilines is 1. The van der Waals surface area contributed by atoms with Crippen molar-refractivity contribution in [2.45, 2.75) is 19.4 Å². The van der Waals surface area contributed by atoms with Gasteiger partial charge in [-0.15, -0.1) is 0 Å². The zero-order valence-electron chi connectivity index (χ0n) is 19.2. The lowest BCUT2D eigenvalue weighted by Gasteiger charge is -2.32. The van der Waals surface area contributed by atoms with E-state index in [0.717, 1.165) is 67.0 Å². The standard InChI is InChI=1S/C27H29FN6/c1-20(22-11-16-33(17-12-22)18-15-31-27-29-13-4-14-30-27)26-32-24-5-2-3-6-25(24)34(26)19-21-7-9-23(28)10-8-21/h2-10,13-14,22H,1,11-12,15-19H2,(H,29,30,31). The molecule has 3 heterocycles. The van der Waals surface area contributed by atoms with E-state index in [4.69, 9.17) is 4.98 Å². The molecule has 0 saturated carbocycles. The number of halogens is 1. The number of hydrogen-bond acceptors (Lipinski definition) is 5. The molecule has 1 aliphatic heterocycles. The van der Waals surface area contributed by atoms with Crippen molar-refractivity contribution in [3.63, 3.8) is 0 Å². The number of aromatic nitrogens is 4. The maximum Gasteiger partial charge on any atom is 0.222 e. The normalized spacial score (nSPS) is 15.0. The second kappa shape index (κ2) is 10.1. The molecule has 7 heteroatoms. The minimum absolute atomic E-state index is 0.220. The van der Waals surface area contributed by atoms with Gasteiger partial charge in [0.15, 0.2) is 0 Å². The predicted molar refractivity (Wildman–Crippen MR) is 134 cm³/mol. The van der Waals surface area contributed by atoms with Crippen LogP contribution in [0.15, 0.2) is 73.6 Å². The highest BCUT2D eigenvalue weighted by molar-refractivity contribution is 5.80. The quantitative estimate of drug-likeness (QED) is 0.411. The Hall–Kier alpha value is -3.58. The highest BCUT2D eigenvalue weighted by Crippen LogP contribution is 2.32. The lowest BCUT2D eigenvalue weighted by molar-refractivity contribution is 0.213. The summed E-state index contributed by atoms with van der Waals surface area (Å²) in [6.45, 7) is 8.97. The molecule has 1 fully saturated rings. The number of piperidine rings is 1. The summed E-state index contributed by atoms with van der Waals surface area (Å²) in [5.74, 6) is 1.78. The minimum Gasteiger partial charge on any atom is -0.353 e. The van der Waals surface area contributed by atoms with Gasteiger partial charge in [0, 0.05) is 32.0 Å². The molecule has 0 atom stereocenters. The first-order chi connectivity index (χ1) is 16.7. The highest BCUT2D eigenvalue weighted by atomic mass is 19.1. The number of hydrogen-bond donors (Lipinski definition) is 1. The molecule has 4 aromatic rings. The van der Waals surface area contributed by atoms with Gasteiger partial charge >= 0.3 is 0 Å². The zero-order chi connectivity index (χ0) is 23.3. The molecule has 0 aliphatic carbocycles. The minimum atomic E-state index is -0.220. The third-order valence-electron chi connectivity index (χ3n) is 6.55. The average Bonchev–Trinajstić information content (AvgIpc) is 3.24. The van der Waals surface area contributed by atoms with E-state index in [1.807, 2.05) is 36.4 Å². The first kappa shape index (κ1) is 22.2. The van der Waals surface area contributed by atoms with Crippen LogP contribution in [0.4, 0.5) is 10.3 Å². The number of rotatable bonds is 8. The summed E-state index contributed by atoms with van der Waals surface area (Å²) in [5, 5.41) is 3.28. The number of nitrogens with zero attached hydrogens (tertiary/aromatic N) is 5. The third kappa shape index (κ3) is 4.99. The molecule has 2 aromatic carbocycles. The zero-order valence-corrected chi connectivity index (χ0v) is 19.2. The van der Waals surface area contributed by atoms with Crippen molar-refractivity contribution in [2.24, 2.45) is 5.92 Å². The molecular weight excluding hydrogens is 427 g/mol. The summed E-state index contributed by atoms with van der Waals surface area (Å²) in [7, 11) is 0. The number of allylic oxidation sites excluding steroid dienone is 1. The van der Waals surface area contributed by atoms with Gasteiger partial charge in [0.25, 0.3) is 0 Å². The molecule has 1 saturated heterocycles. The van der Waals surface area contributed by atoms with Gasteiger partial charge in [0.05, 0.1) is 11.0 Å². The Morgan fingerprint density at radius 3 is 2.50 bits per heavy atom. The van der Waals surface area contributed by atoms with Gasteiger partial charge in [-0.1, -0.05) is 30.8 Å². The Labute approximate surface area is 199 Å². The molecule has 6 nitrogen and oxygen atoms in total. The van der Waals surface area contributed by atoms with Gasteiger partial charge in [-0.3, -0.25) is 0 Å². The number of likely N-dealkylation sites (tertiary alicyclic amines) is 1. The van der Waals surface area contributed by atoms with E-state index in [2.05, 4.69) is 37.4 Å². The maximum absolute atomic E-state index is 13.4. The van der Waals surface area contributed by atoms with Crippen molar-refractivity contribution in [1.29, 1.82) is 0 Å². The van der Waals surface area contributed by atoms with E-state index < -0.39 is 0 Å². The van der Waals surface area contributed by atoms with Crippen LogP contribution in [-0.2, 0) is 6.54 Å². The number of benzene rings is 2. The summed E-state index contributed by atoms with van der Waals surface area (Å²) in [4.78, 5) is 15.8. The number of para-hydroxylation sites is 2. The van der Waals surface area contributed by atoms with Crippen molar-refractivity contribution in [2.75, 3.05) is 31.5 Å². The van der Waals surface area contributed by atoms with Crippen LogP contribution in [0, 0.1) is 11.7 Å². The van der Waals surface area contributed by atoms with Gasteiger partial charge in [-0.25, -0.2) is 19.3 Å². The van der Waals surface area contributed by atoms with Gasteiger partial charge in [0.1, 0.15) is 11.6 Å². The molecule has 0 spiro atoms. The lowest BCUT2D eigenvalue weighted by Crippen LogP contribution is -2.37. The van der Waals surface area contributed by atoms with E-state index in [-0.39, 0.29) is 5.82 Å². The molecular formula is C27H29FN6. The Bertz CT molecular complexity index is 1240. The second-order valence-corrected chi connectivity index (χ2v) is 8.78. The summed E-state index contributed by atoms with van der Waals surface area (Å²) in [5.41, 5.74) is 4.18. The first-order valence-corrected chi connectivity index (χ1v) is 11.8. The van der Waals surface area contributed by atoms with Crippen molar-refractivity contribution in [3.8, 4) is 0 Å². The number of imidazole rings is 1. The van der Waals surface area contributed by atoms with Gasteiger partial charge in [-0.2, -0.15) is 0 Å². The van der Waals surface area contributed by atoms with Crippen molar-refractivity contribution in [3.05, 3.63) is 90.8 Å². The maximum atomic E-state index is 13.4. The lowest BCUT2D eigenvalue weighted by atomic mass is 9.89. The van der Waals surface area contributed by atoms with Crippen molar-refractivity contribution >= 4 is 22.6 Å². The Balaban J connectivity index is 1.25. The second-order valence-electron chi connectivity index (χ2n) is 8.78. The third-order valence-corrected chi connectivity index (χ3v) is 6.55. The molecule has 0 unspecified atom stereocenters. The smallest absolute Gasteiger partial charge is 0.222 e. The summed E-state index contributed by atoms with van der Waals surface area (Å²) in [6, 6.07) is 16.7. The van der Waals surface area contributed by atoms with Crippen LogP contribution >= 0.6 is 0 Å². The topological polar surface area (TPSA) is 58.9 Å². The highest BCUT2D eigenvalue weighted by Gasteiger charge is 2.25. The molecule has 174 valence electrons. The van der Waals surface area contributed by atoms with E-state index >= 15 is 0 Å². The fourth-order valence-electron chi connectivity index (χ4n) is 4.66. The number of nitrogens with one attached hydrogen (secondary N) is 1. The van der Waals surface area contributed by atoms with Crippen LogP contribution in [0.25, 0.3) is 16.6 Å². The Morgan fingerprint density at radius 2 is 1.74 bits per heavy atom. The monoisotopic (exact) mass is 456 g/mol. The van der Waals surface area contributed by atoms with Gasteiger partial charge in [0.2, 0.25) is 5.95 Å². The van der Waals surface area contributed by atoms with Crippen LogP contribution in [-0.4, -0.2) is 50.6 Å². The first-order valence-electron chi connectivity index (χ1n) is 11.8. The molecule has 1 aliphatic rings. The van der Waals surface area contributed by atoms with Crippen molar-refractivity contribution in [1.82, 2.24) is 24.4 Å². The summed E-state index contributed by atoms with van der Waals surface area (Å²) in [6.07, 6.45) is 5.60. The fraction of sp³-hybridized carbons (Fsp3) is 0.296. The summed E-state index contributed by atoms with van der Waals surface area (Å²) < 4.78 is 15.6. The molecule has 5 rings (SSSR count). The average molecular weight is 457 g/mol. The van der Waals surface area contributed by atoms with E-state index in [0.29, 0.717) is 18.4 Å². The van der Waals surface area contributed by atoms with E-state index in [1.54, 1.807) is 12.4 Å². The Morgan fingerprint density at radius 1 is 1.00 bits per heavy atom. The molecule has 1 N–H and O–H groups in total. The van der Waals surface area contributed by atoms with E-state index in [9.17, 15) is 4.39 Å². The van der Waals surface area contributed by atoms with Crippen LogP contribution in [0.3, 0.4) is 0 Å². The molecule has 0 bridgehead atoms. The molecule has 0 radical (unpaired) electrons. The number of fused-ring (bicyclic) bond motifs is 1. The Kier molecular flexibility index (Phi) is 6.62. The van der Waals surface area contributed by atoms with Gasteiger partial charge < -0.3 is 14.8 Å². The van der Waals surface area contributed by atoms with Crippen LogP contribution < -0.4 is 5.32 Å². The summed E-state index contributed by atoms with van der Waals surface area (Å²) >= 11 is 0. The molecule has 2 aromatic heterocycles.